The fourth-order valence-corrected chi connectivity index (χ4v) is 4.28. The molecular weight excluding hydrogens is 406 g/mol. The van der Waals surface area contributed by atoms with Crippen LogP contribution in [-0.2, 0) is 16.0 Å². The molecule has 0 bridgehead atoms. The molecule has 1 N–H and O–H groups in total. The second-order valence-electron chi connectivity index (χ2n) is 7.97. The molecule has 2 amide bonds. The van der Waals surface area contributed by atoms with Crippen LogP contribution in [0.5, 0.6) is 5.75 Å². The third kappa shape index (κ3) is 4.13. The van der Waals surface area contributed by atoms with Gasteiger partial charge in [-0.05, 0) is 41.8 Å². The molecule has 0 spiro atoms. The molecule has 0 atom stereocenters. The molecular formula is C25H29N3O4. The van der Waals surface area contributed by atoms with Gasteiger partial charge in [0.25, 0.3) is 11.8 Å². The number of imide groups is 1. The van der Waals surface area contributed by atoms with E-state index in [0.29, 0.717) is 47.9 Å². The van der Waals surface area contributed by atoms with Gasteiger partial charge in [-0.1, -0.05) is 31.2 Å². The van der Waals surface area contributed by atoms with Crippen LogP contribution >= 0.6 is 0 Å². The van der Waals surface area contributed by atoms with E-state index in [1.807, 2.05) is 41.3 Å². The van der Waals surface area contributed by atoms with Crippen molar-refractivity contribution in [3.8, 4) is 5.75 Å². The average Bonchev–Trinajstić information content (AvgIpc) is 3.10. The largest absolute Gasteiger partial charge is 0.497 e. The van der Waals surface area contributed by atoms with Crippen LogP contribution in [0.25, 0.3) is 5.57 Å². The quantitative estimate of drug-likeness (QED) is 0.672. The second kappa shape index (κ2) is 9.54. The van der Waals surface area contributed by atoms with Crippen molar-refractivity contribution in [3.63, 3.8) is 0 Å². The number of β-amino-alcohol motifs (C(OH)–C–C–N with tert-alkyl or cyclic N) is 1. The highest BCUT2D eigenvalue weighted by Gasteiger charge is 2.43. The van der Waals surface area contributed by atoms with Crippen LogP contribution in [0.3, 0.4) is 0 Å². The van der Waals surface area contributed by atoms with E-state index in [4.69, 9.17) is 4.74 Å². The molecule has 0 saturated carbocycles. The van der Waals surface area contributed by atoms with Gasteiger partial charge in [0.2, 0.25) is 0 Å². The van der Waals surface area contributed by atoms with E-state index in [0.717, 1.165) is 25.1 Å². The van der Waals surface area contributed by atoms with Crippen molar-refractivity contribution in [2.45, 2.75) is 13.3 Å². The minimum absolute atomic E-state index is 0.110. The monoisotopic (exact) mass is 435 g/mol. The van der Waals surface area contributed by atoms with Crippen molar-refractivity contribution in [3.05, 3.63) is 65.4 Å². The van der Waals surface area contributed by atoms with Gasteiger partial charge in [0.1, 0.15) is 11.4 Å². The van der Waals surface area contributed by atoms with Gasteiger partial charge in [0.15, 0.2) is 0 Å². The number of carbonyl (C=O) groups is 2. The third-order valence-corrected chi connectivity index (χ3v) is 6.15. The van der Waals surface area contributed by atoms with Crippen molar-refractivity contribution in [2.75, 3.05) is 51.3 Å². The number of amides is 2. The number of hydrogen-bond acceptors (Lipinski definition) is 6. The van der Waals surface area contributed by atoms with Gasteiger partial charge >= 0.3 is 0 Å². The van der Waals surface area contributed by atoms with Gasteiger partial charge < -0.3 is 14.7 Å². The highest BCUT2D eigenvalue weighted by Crippen LogP contribution is 2.35. The van der Waals surface area contributed by atoms with E-state index < -0.39 is 0 Å². The minimum atomic E-state index is -0.308. The summed E-state index contributed by atoms with van der Waals surface area (Å²) in [6.07, 6.45) is 0.890. The standard InChI is InChI=1S/C25H29N3O4/c1-3-18-4-8-20(9-5-18)28-24(30)22(19-6-10-21(32-2)11-7-19)23(25(28)31)27-14-12-26(13-15-27)16-17-29/h4-11,29H,3,12-17H2,1-2H3. The van der Waals surface area contributed by atoms with Gasteiger partial charge in [-0.2, -0.15) is 0 Å². The molecule has 0 unspecified atom stereocenters. The molecule has 168 valence electrons. The predicted octanol–water partition coefficient (Wildman–Crippen LogP) is 2.15. The Morgan fingerprint density at radius 1 is 0.906 bits per heavy atom. The number of carbonyl (C=O) groups excluding carboxylic acids is 2. The molecule has 0 aliphatic carbocycles. The topological polar surface area (TPSA) is 73.3 Å². The zero-order valence-electron chi connectivity index (χ0n) is 18.6. The van der Waals surface area contributed by atoms with E-state index in [2.05, 4.69) is 11.8 Å². The zero-order valence-corrected chi connectivity index (χ0v) is 18.6. The number of aliphatic hydroxyl groups is 1. The number of nitrogens with zero attached hydrogens (tertiary/aromatic N) is 3. The molecule has 4 rings (SSSR count). The van der Waals surface area contributed by atoms with Crippen molar-refractivity contribution in [2.24, 2.45) is 0 Å². The molecule has 2 aromatic rings. The van der Waals surface area contributed by atoms with Gasteiger partial charge in [0, 0.05) is 32.7 Å². The Morgan fingerprint density at radius 3 is 2.12 bits per heavy atom. The molecule has 0 aromatic heterocycles. The highest BCUT2D eigenvalue weighted by molar-refractivity contribution is 6.45. The highest BCUT2D eigenvalue weighted by atomic mass is 16.5. The number of aliphatic hydroxyl groups excluding tert-OH is 1. The second-order valence-corrected chi connectivity index (χ2v) is 7.97. The summed E-state index contributed by atoms with van der Waals surface area (Å²) in [5.74, 6) is 0.0928. The van der Waals surface area contributed by atoms with Crippen LogP contribution in [-0.4, -0.2) is 73.2 Å². The van der Waals surface area contributed by atoms with E-state index >= 15 is 0 Å². The Balaban J connectivity index is 1.71. The lowest BCUT2D eigenvalue weighted by molar-refractivity contribution is -0.120. The number of anilines is 1. The Kier molecular flexibility index (Phi) is 6.58. The Labute approximate surface area is 188 Å². The van der Waals surface area contributed by atoms with Crippen molar-refractivity contribution < 1.29 is 19.4 Å². The Hall–Kier alpha value is -3.16. The number of ether oxygens (including phenoxy) is 1. The number of rotatable bonds is 7. The molecule has 2 heterocycles. The number of methoxy groups -OCH3 is 1. The summed E-state index contributed by atoms with van der Waals surface area (Å²) in [5.41, 5.74) is 3.30. The number of aryl methyl sites for hydroxylation is 1. The lowest BCUT2D eigenvalue weighted by Crippen LogP contribution is -2.48. The Morgan fingerprint density at radius 2 is 1.56 bits per heavy atom. The number of piperazine rings is 1. The maximum Gasteiger partial charge on any atom is 0.282 e. The zero-order chi connectivity index (χ0) is 22.7. The van der Waals surface area contributed by atoms with Crippen LogP contribution in [0, 0.1) is 0 Å². The van der Waals surface area contributed by atoms with Crippen LogP contribution in [0.4, 0.5) is 5.69 Å². The molecule has 0 radical (unpaired) electrons. The number of benzene rings is 2. The van der Waals surface area contributed by atoms with Crippen molar-refractivity contribution >= 4 is 23.1 Å². The van der Waals surface area contributed by atoms with Crippen LogP contribution < -0.4 is 9.64 Å². The van der Waals surface area contributed by atoms with Gasteiger partial charge in [-0.25, -0.2) is 4.90 Å². The SMILES string of the molecule is CCc1ccc(N2C(=O)C(c3ccc(OC)cc3)=C(N3CCN(CCO)CC3)C2=O)cc1. The molecule has 2 aliphatic heterocycles. The van der Waals surface area contributed by atoms with Gasteiger partial charge in [-0.15, -0.1) is 0 Å². The normalized spacial score (nSPS) is 17.5. The summed E-state index contributed by atoms with van der Waals surface area (Å²) in [5, 5.41) is 9.22. The lowest BCUT2D eigenvalue weighted by Gasteiger charge is -2.36. The Bertz CT molecular complexity index is 1010. The first-order chi connectivity index (χ1) is 15.6. The molecule has 1 fully saturated rings. The molecule has 32 heavy (non-hydrogen) atoms. The molecule has 7 heteroatoms. The van der Waals surface area contributed by atoms with E-state index in [1.54, 1.807) is 19.2 Å². The minimum Gasteiger partial charge on any atom is -0.497 e. The summed E-state index contributed by atoms with van der Waals surface area (Å²) >= 11 is 0. The summed E-state index contributed by atoms with van der Waals surface area (Å²) in [4.78, 5) is 32.7. The molecule has 7 nitrogen and oxygen atoms in total. The van der Waals surface area contributed by atoms with E-state index in [1.165, 1.54) is 4.90 Å². The first-order valence-electron chi connectivity index (χ1n) is 11.0. The van der Waals surface area contributed by atoms with E-state index in [9.17, 15) is 14.7 Å². The maximum atomic E-state index is 13.6. The fraction of sp³-hybridized carbons (Fsp3) is 0.360. The maximum absolute atomic E-state index is 13.6. The third-order valence-electron chi connectivity index (χ3n) is 6.15. The lowest BCUT2D eigenvalue weighted by atomic mass is 10.0. The summed E-state index contributed by atoms with van der Waals surface area (Å²) in [6.45, 7) is 5.49. The first-order valence-corrected chi connectivity index (χ1v) is 11.0. The molecule has 2 aromatic carbocycles. The van der Waals surface area contributed by atoms with E-state index in [-0.39, 0.29) is 18.4 Å². The summed E-state index contributed by atoms with van der Waals surface area (Å²) in [6, 6.07) is 14.8. The molecule has 2 aliphatic rings. The van der Waals surface area contributed by atoms with Crippen molar-refractivity contribution in [1.29, 1.82) is 0 Å². The van der Waals surface area contributed by atoms with Crippen LogP contribution in [0.2, 0.25) is 0 Å². The van der Waals surface area contributed by atoms with Crippen LogP contribution in [0.15, 0.2) is 54.2 Å². The summed E-state index contributed by atoms with van der Waals surface area (Å²) in [7, 11) is 1.59. The fourth-order valence-electron chi connectivity index (χ4n) is 4.28. The first kappa shape index (κ1) is 22.0. The van der Waals surface area contributed by atoms with Crippen LogP contribution in [0.1, 0.15) is 18.1 Å². The average molecular weight is 436 g/mol. The van der Waals surface area contributed by atoms with Gasteiger partial charge in [-0.3, -0.25) is 14.5 Å². The van der Waals surface area contributed by atoms with Gasteiger partial charge in [0.05, 0.1) is 25.0 Å². The number of hydrogen-bond donors (Lipinski definition) is 1. The summed E-state index contributed by atoms with van der Waals surface area (Å²) < 4.78 is 5.26. The smallest absolute Gasteiger partial charge is 0.282 e. The van der Waals surface area contributed by atoms with Crippen molar-refractivity contribution in [1.82, 2.24) is 9.80 Å². The molecule has 1 saturated heterocycles. The predicted molar refractivity (Wildman–Crippen MR) is 123 cm³/mol.